The Morgan fingerprint density at radius 2 is 2.00 bits per heavy atom. The Bertz CT molecular complexity index is 648. The first-order valence-electron chi connectivity index (χ1n) is 8.58. The van der Waals surface area contributed by atoms with Gasteiger partial charge < -0.3 is 0 Å². The summed E-state index contributed by atoms with van der Waals surface area (Å²) < 4.78 is 25.7. The molecular weight excluding hydrogens is 330 g/mol. The van der Waals surface area contributed by atoms with Crippen LogP contribution in [0.15, 0.2) is 0 Å². The van der Waals surface area contributed by atoms with Crippen LogP contribution in [-0.2, 0) is 16.4 Å². The van der Waals surface area contributed by atoms with Crippen molar-refractivity contribution >= 4 is 21.4 Å². The van der Waals surface area contributed by atoms with Gasteiger partial charge in [-0.1, -0.05) is 0 Å². The second kappa shape index (κ2) is 6.78. The molecule has 2 heterocycles. The minimum Gasteiger partial charge on any atom is -0.295 e. The fraction of sp³-hybridized carbons (Fsp3) is 0.812. The minimum absolute atomic E-state index is 0.155. The van der Waals surface area contributed by atoms with E-state index in [0.29, 0.717) is 6.04 Å². The van der Waals surface area contributed by atoms with Gasteiger partial charge in [-0.05, 0) is 46.0 Å². The molecule has 1 saturated heterocycles. The van der Waals surface area contributed by atoms with Crippen LogP contribution >= 0.6 is 11.3 Å². The lowest BCUT2D eigenvalue weighted by Crippen LogP contribution is -2.47. The number of fused-ring (bicyclic) bond motifs is 1. The normalized spacial score (nSPS) is 24.1. The van der Waals surface area contributed by atoms with Crippen molar-refractivity contribution in [1.29, 1.82) is 0 Å². The summed E-state index contributed by atoms with van der Waals surface area (Å²) in [7, 11) is -1.34. The van der Waals surface area contributed by atoms with Gasteiger partial charge in [-0.15, -0.1) is 11.3 Å². The zero-order valence-corrected chi connectivity index (χ0v) is 15.9. The maximum Gasteiger partial charge on any atom is 0.213 e. The SMILES string of the molecule is CCS(=O)(=O)N(C)C1CCN([C@@H]2CCCc3nc(C)sc32)CC1. The van der Waals surface area contributed by atoms with Crippen molar-refractivity contribution in [3.63, 3.8) is 0 Å². The number of likely N-dealkylation sites (tertiary alicyclic amines) is 1. The standard InChI is InChI=1S/C16H27N3O2S2/c1-4-23(20,21)18(3)13-8-10-19(11-9-13)15-7-5-6-14-16(15)22-12(2)17-14/h13,15H,4-11H2,1-3H3/t15-/m1/s1. The van der Waals surface area contributed by atoms with Crippen LogP contribution in [0.25, 0.3) is 0 Å². The summed E-state index contributed by atoms with van der Waals surface area (Å²) in [4.78, 5) is 8.70. The van der Waals surface area contributed by atoms with Gasteiger partial charge in [0.25, 0.3) is 0 Å². The Morgan fingerprint density at radius 3 is 2.65 bits per heavy atom. The first kappa shape index (κ1) is 17.3. The van der Waals surface area contributed by atoms with Crippen molar-refractivity contribution < 1.29 is 8.42 Å². The molecule has 3 rings (SSSR count). The summed E-state index contributed by atoms with van der Waals surface area (Å²) >= 11 is 1.85. The fourth-order valence-corrected chi connectivity index (χ4v) is 6.07. The molecule has 0 spiro atoms. The van der Waals surface area contributed by atoms with E-state index in [1.165, 1.54) is 28.4 Å². The average molecular weight is 358 g/mol. The van der Waals surface area contributed by atoms with Crippen molar-refractivity contribution in [1.82, 2.24) is 14.2 Å². The number of thiazole rings is 1. The number of hydrogen-bond donors (Lipinski definition) is 0. The minimum atomic E-state index is -3.08. The highest BCUT2D eigenvalue weighted by molar-refractivity contribution is 7.89. The van der Waals surface area contributed by atoms with E-state index in [1.807, 2.05) is 11.3 Å². The smallest absolute Gasteiger partial charge is 0.213 e. The highest BCUT2D eigenvalue weighted by Gasteiger charge is 2.34. The number of aryl methyl sites for hydroxylation is 2. The van der Waals surface area contributed by atoms with Crippen molar-refractivity contribution in [2.24, 2.45) is 0 Å². The number of nitrogens with zero attached hydrogens (tertiary/aromatic N) is 3. The fourth-order valence-electron chi connectivity index (χ4n) is 3.86. The first-order chi connectivity index (χ1) is 10.9. The lowest BCUT2D eigenvalue weighted by atomic mass is 9.94. The third-order valence-corrected chi connectivity index (χ3v) is 8.31. The molecule has 0 N–H and O–H groups in total. The van der Waals surface area contributed by atoms with Crippen LogP contribution in [0, 0.1) is 6.92 Å². The van der Waals surface area contributed by atoms with Crippen LogP contribution in [0.5, 0.6) is 0 Å². The van der Waals surface area contributed by atoms with Gasteiger partial charge in [0.1, 0.15) is 0 Å². The highest BCUT2D eigenvalue weighted by Crippen LogP contribution is 2.39. The van der Waals surface area contributed by atoms with Gasteiger partial charge in [0.15, 0.2) is 0 Å². The van der Waals surface area contributed by atoms with Crippen molar-refractivity contribution in [2.75, 3.05) is 25.9 Å². The second-order valence-electron chi connectivity index (χ2n) is 6.64. The summed E-state index contributed by atoms with van der Waals surface area (Å²) in [6.07, 6.45) is 5.40. The lowest BCUT2D eigenvalue weighted by Gasteiger charge is -2.40. The van der Waals surface area contributed by atoms with E-state index in [0.717, 1.165) is 32.4 Å². The predicted octanol–water partition coefficient (Wildman–Crippen LogP) is 2.57. The quantitative estimate of drug-likeness (QED) is 0.831. The Kier molecular flexibility index (Phi) is 5.11. The molecule has 0 unspecified atom stereocenters. The summed E-state index contributed by atoms with van der Waals surface area (Å²) in [5.74, 6) is 0.190. The van der Waals surface area contributed by atoms with E-state index >= 15 is 0 Å². The topological polar surface area (TPSA) is 53.5 Å². The molecule has 0 saturated carbocycles. The molecular formula is C16H27N3O2S2. The Balaban J connectivity index is 1.66. The number of sulfonamides is 1. The van der Waals surface area contributed by atoms with E-state index in [-0.39, 0.29) is 11.8 Å². The Hall–Kier alpha value is -0.500. The zero-order valence-electron chi connectivity index (χ0n) is 14.3. The van der Waals surface area contributed by atoms with Crippen LogP contribution in [0.2, 0.25) is 0 Å². The molecule has 1 aromatic rings. The van der Waals surface area contributed by atoms with Gasteiger partial charge in [0, 0.05) is 37.1 Å². The molecule has 23 heavy (non-hydrogen) atoms. The third kappa shape index (κ3) is 3.48. The molecule has 1 aromatic heterocycles. The van der Waals surface area contributed by atoms with Crippen molar-refractivity contribution in [3.05, 3.63) is 15.6 Å². The maximum absolute atomic E-state index is 12.1. The number of aromatic nitrogens is 1. The number of rotatable bonds is 4. The zero-order chi connectivity index (χ0) is 16.6. The van der Waals surface area contributed by atoms with Gasteiger partial charge >= 0.3 is 0 Å². The van der Waals surface area contributed by atoms with Crippen molar-refractivity contribution in [2.45, 2.75) is 58.0 Å². The molecule has 5 nitrogen and oxygen atoms in total. The predicted molar refractivity (Wildman–Crippen MR) is 94.3 cm³/mol. The van der Waals surface area contributed by atoms with Gasteiger partial charge in [-0.3, -0.25) is 4.90 Å². The molecule has 0 bridgehead atoms. The van der Waals surface area contributed by atoms with E-state index in [2.05, 4.69) is 16.8 Å². The van der Waals surface area contributed by atoms with Crippen LogP contribution in [0.4, 0.5) is 0 Å². The highest BCUT2D eigenvalue weighted by atomic mass is 32.2. The molecule has 2 aliphatic rings. The third-order valence-electron chi connectivity index (χ3n) is 5.29. The first-order valence-corrected chi connectivity index (χ1v) is 11.0. The van der Waals surface area contributed by atoms with E-state index in [4.69, 9.17) is 0 Å². The van der Waals surface area contributed by atoms with E-state index in [9.17, 15) is 8.42 Å². The largest absolute Gasteiger partial charge is 0.295 e. The summed E-state index contributed by atoms with van der Waals surface area (Å²) in [5, 5.41) is 1.17. The van der Waals surface area contributed by atoms with Crippen LogP contribution in [0.3, 0.4) is 0 Å². The molecule has 1 aliphatic carbocycles. The van der Waals surface area contributed by atoms with E-state index in [1.54, 1.807) is 18.3 Å². The molecule has 1 fully saturated rings. The lowest BCUT2D eigenvalue weighted by molar-refractivity contribution is 0.116. The molecule has 0 radical (unpaired) electrons. The molecule has 1 atom stereocenters. The summed E-state index contributed by atoms with van der Waals surface area (Å²) in [5.41, 5.74) is 1.30. The van der Waals surface area contributed by atoms with Gasteiger partial charge in [0.05, 0.1) is 16.5 Å². The van der Waals surface area contributed by atoms with Gasteiger partial charge in [-0.25, -0.2) is 17.7 Å². The van der Waals surface area contributed by atoms with Crippen LogP contribution in [0.1, 0.15) is 54.2 Å². The van der Waals surface area contributed by atoms with Crippen molar-refractivity contribution in [3.8, 4) is 0 Å². The van der Waals surface area contributed by atoms with E-state index < -0.39 is 10.0 Å². The van der Waals surface area contributed by atoms with Crippen LogP contribution < -0.4 is 0 Å². The number of hydrogen-bond acceptors (Lipinski definition) is 5. The summed E-state index contributed by atoms with van der Waals surface area (Å²) in [6, 6.07) is 0.654. The monoisotopic (exact) mass is 357 g/mol. The molecule has 7 heteroatoms. The second-order valence-corrected chi connectivity index (χ2v) is 10.2. The molecule has 130 valence electrons. The maximum atomic E-state index is 12.1. The Labute approximate surface area is 143 Å². The summed E-state index contributed by atoms with van der Waals surface area (Å²) in [6.45, 7) is 5.78. The molecule has 1 aliphatic heterocycles. The molecule has 0 aromatic carbocycles. The van der Waals surface area contributed by atoms with Gasteiger partial charge in [-0.2, -0.15) is 0 Å². The molecule has 0 amide bonds. The average Bonchev–Trinajstić information content (AvgIpc) is 2.94. The van der Waals surface area contributed by atoms with Gasteiger partial charge in [0.2, 0.25) is 10.0 Å². The van der Waals surface area contributed by atoms with Crippen LogP contribution in [-0.4, -0.2) is 54.5 Å². The Morgan fingerprint density at radius 1 is 1.30 bits per heavy atom. The number of piperidine rings is 1.